The summed E-state index contributed by atoms with van der Waals surface area (Å²) in [5, 5.41) is 4.13. The molecule has 2 N–H and O–H groups in total. The highest BCUT2D eigenvalue weighted by atomic mass is 16.1. The van der Waals surface area contributed by atoms with E-state index in [0.717, 1.165) is 5.69 Å². The zero-order valence-corrected chi connectivity index (χ0v) is 12.0. The third kappa shape index (κ3) is 3.79. The van der Waals surface area contributed by atoms with E-state index in [-0.39, 0.29) is 11.1 Å². The van der Waals surface area contributed by atoms with E-state index in [1.807, 2.05) is 11.9 Å². The van der Waals surface area contributed by atoms with Crippen LogP contribution in [0.4, 0.5) is 5.69 Å². The molecule has 21 heavy (non-hydrogen) atoms. The van der Waals surface area contributed by atoms with Gasteiger partial charge in [-0.1, -0.05) is 6.07 Å². The van der Waals surface area contributed by atoms with Gasteiger partial charge in [0.15, 0.2) is 0 Å². The Morgan fingerprint density at radius 2 is 2.05 bits per heavy atom. The minimum atomic E-state index is -0.194. The van der Waals surface area contributed by atoms with Gasteiger partial charge in [-0.25, -0.2) is 4.68 Å². The van der Waals surface area contributed by atoms with Crippen molar-refractivity contribution in [2.75, 3.05) is 25.0 Å². The zero-order valence-electron chi connectivity index (χ0n) is 12.0. The van der Waals surface area contributed by atoms with Crippen LogP contribution in [0, 0.1) is 0 Å². The van der Waals surface area contributed by atoms with E-state index in [2.05, 4.69) is 5.10 Å². The number of likely N-dealkylation sites (N-methyl/N-ethyl adjacent to an activating group) is 1. The maximum absolute atomic E-state index is 12.0. The summed E-state index contributed by atoms with van der Waals surface area (Å²) in [5.41, 5.74) is 5.93. The second kappa shape index (κ2) is 6.85. The average Bonchev–Trinajstić information content (AvgIpc) is 2.47. The molecule has 0 spiro atoms. The average molecular weight is 289 g/mol. The van der Waals surface area contributed by atoms with Crippen molar-refractivity contribution in [3.05, 3.63) is 57.4 Å². The van der Waals surface area contributed by atoms with Crippen LogP contribution in [-0.2, 0) is 13.1 Å². The molecule has 0 aliphatic heterocycles. The van der Waals surface area contributed by atoms with E-state index in [4.69, 9.17) is 5.73 Å². The molecule has 0 atom stereocenters. The summed E-state index contributed by atoms with van der Waals surface area (Å²) in [6.07, 6.45) is 3.32. The lowest BCUT2D eigenvalue weighted by Gasteiger charge is -2.17. The molecule has 0 fully saturated rings. The van der Waals surface area contributed by atoms with Gasteiger partial charge in [0.25, 0.3) is 11.1 Å². The molecule has 112 valence electrons. The van der Waals surface area contributed by atoms with Crippen LogP contribution in [0.3, 0.4) is 0 Å². The Balaban J connectivity index is 2.10. The first-order valence-corrected chi connectivity index (χ1v) is 6.75. The van der Waals surface area contributed by atoms with E-state index in [9.17, 15) is 9.59 Å². The van der Waals surface area contributed by atoms with Gasteiger partial charge >= 0.3 is 0 Å². The Labute approximate surface area is 122 Å². The maximum atomic E-state index is 12.0. The van der Waals surface area contributed by atoms with E-state index in [1.54, 1.807) is 29.1 Å². The molecular formula is C14H19N5O2. The Kier molecular flexibility index (Phi) is 4.89. The number of nitrogens with two attached hydrogens (primary N) is 1. The van der Waals surface area contributed by atoms with Crippen LogP contribution < -0.4 is 21.8 Å². The van der Waals surface area contributed by atoms with Crippen molar-refractivity contribution >= 4 is 5.69 Å². The molecule has 0 amide bonds. The highest BCUT2D eigenvalue weighted by molar-refractivity contribution is 5.41. The largest absolute Gasteiger partial charge is 0.372 e. The normalized spacial score (nSPS) is 10.6. The van der Waals surface area contributed by atoms with Gasteiger partial charge in [-0.3, -0.25) is 9.59 Å². The fraction of sp³-hybridized carbons (Fsp3) is 0.357. The van der Waals surface area contributed by atoms with E-state index >= 15 is 0 Å². The molecule has 0 saturated carbocycles. The standard InChI is InChI=1S/C14H19N5O2/c1-17(7-5-15)12-10-14(21)19(16-11-12)9-8-18-6-3-2-4-13(18)20/h2-4,6,10-11H,5,7-9,15H2,1H3. The van der Waals surface area contributed by atoms with Crippen LogP contribution in [0.25, 0.3) is 0 Å². The summed E-state index contributed by atoms with van der Waals surface area (Å²) in [6.45, 7) is 1.93. The van der Waals surface area contributed by atoms with Gasteiger partial charge in [0.1, 0.15) is 0 Å². The fourth-order valence-electron chi connectivity index (χ4n) is 1.97. The van der Waals surface area contributed by atoms with Crippen LogP contribution in [0.15, 0.2) is 46.2 Å². The number of pyridine rings is 1. The minimum Gasteiger partial charge on any atom is -0.372 e. The van der Waals surface area contributed by atoms with E-state index in [1.165, 1.54) is 16.8 Å². The number of rotatable bonds is 6. The summed E-state index contributed by atoms with van der Waals surface area (Å²) in [6, 6.07) is 6.48. The van der Waals surface area contributed by atoms with Gasteiger partial charge in [0.2, 0.25) is 0 Å². The van der Waals surface area contributed by atoms with Crippen molar-refractivity contribution < 1.29 is 0 Å². The zero-order chi connectivity index (χ0) is 15.2. The van der Waals surface area contributed by atoms with Crippen molar-refractivity contribution in [2.45, 2.75) is 13.1 Å². The predicted octanol–water partition coefficient (Wildman–Crippen LogP) is -0.500. The summed E-state index contributed by atoms with van der Waals surface area (Å²) >= 11 is 0. The van der Waals surface area contributed by atoms with Crippen molar-refractivity contribution in [1.29, 1.82) is 0 Å². The smallest absolute Gasteiger partial charge is 0.268 e. The minimum absolute atomic E-state index is 0.0927. The number of aromatic nitrogens is 3. The molecule has 2 rings (SSSR count). The first kappa shape index (κ1) is 15.0. The summed E-state index contributed by atoms with van der Waals surface area (Å²) in [7, 11) is 1.86. The first-order chi connectivity index (χ1) is 10.1. The van der Waals surface area contributed by atoms with Crippen molar-refractivity contribution in [2.24, 2.45) is 5.73 Å². The Morgan fingerprint density at radius 3 is 2.71 bits per heavy atom. The molecular weight excluding hydrogens is 270 g/mol. The number of nitrogens with zero attached hydrogens (tertiary/aromatic N) is 4. The lowest BCUT2D eigenvalue weighted by atomic mass is 10.4. The Hall–Kier alpha value is -2.41. The van der Waals surface area contributed by atoms with Crippen molar-refractivity contribution in [3.8, 4) is 0 Å². The number of aryl methyl sites for hydroxylation is 2. The predicted molar refractivity (Wildman–Crippen MR) is 81.5 cm³/mol. The molecule has 0 unspecified atom stereocenters. The Bertz CT molecular complexity index is 707. The van der Waals surface area contributed by atoms with E-state index < -0.39 is 0 Å². The summed E-state index contributed by atoms with van der Waals surface area (Å²) < 4.78 is 2.89. The molecule has 2 aromatic heterocycles. The molecule has 0 radical (unpaired) electrons. The molecule has 0 aromatic carbocycles. The second-order valence-electron chi connectivity index (χ2n) is 4.72. The van der Waals surface area contributed by atoms with Gasteiger partial charge in [0, 0.05) is 45.0 Å². The number of anilines is 1. The quantitative estimate of drug-likeness (QED) is 0.775. The van der Waals surface area contributed by atoms with Gasteiger partial charge in [0.05, 0.1) is 18.4 Å². The Morgan fingerprint density at radius 1 is 1.24 bits per heavy atom. The fourth-order valence-corrected chi connectivity index (χ4v) is 1.97. The van der Waals surface area contributed by atoms with Crippen LogP contribution in [0.5, 0.6) is 0 Å². The van der Waals surface area contributed by atoms with Crippen LogP contribution in [0.2, 0.25) is 0 Å². The lowest BCUT2D eigenvalue weighted by molar-refractivity contribution is 0.502. The molecule has 2 heterocycles. The molecule has 0 aliphatic rings. The van der Waals surface area contributed by atoms with Crippen LogP contribution in [-0.4, -0.2) is 34.5 Å². The van der Waals surface area contributed by atoms with Crippen molar-refractivity contribution in [1.82, 2.24) is 14.3 Å². The third-order valence-corrected chi connectivity index (χ3v) is 3.21. The van der Waals surface area contributed by atoms with Crippen LogP contribution in [0.1, 0.15) is 0 Å². The molecule has 0 bridgehead atoms. The molecule has 7 heteroatoms. The monoisotopic (exact) mass is 289 g/mol. The van der Waals surface area contributed by atoms with Gasteiger partial charge < -0.3 is 15.2 Å². The van der Waals surface area contributed by atoms with Crippen LogP contribution >= 0.6 is 0 Å². The SMILES string of the molecule is CN(CCN)c1cnn(CCn2ccccc2=O)c(=O)c1. The first-order valence-electron chi connectivity index (χ1n) is 6.75. The number of hydrogen-bond acceptors (Lipinski definition) is 5. The highest BCUT2D eigenvalue weighted by Gasteiger charge is 2.04. The topological polar surface area (TPSA) is 86.2 Å². The third-order valence-electron chi connectivity index (χ3n) is 3.21. The lowest BCUT2D eigenvalue weighted by Crippen LogP contribution is -2.30. The maximum Gasteiger partial charge on any atom is 0.268 e. The second-order valence-corrected chi connectivity index (χ2v) is 4.72. The molecule has 0 saturated heterocycles. The highest BCUT2D eigenvalue weighted by Crippen LogP contribution is 2.05. The van der Waals surface area contributed by atoms with E-state index in [0.29, 0.717) is 26.2 Å². The molecule has 0 aliphatic carbocycles. The van der Waals surface area contributed by atoms with Crippen molar-refractivity contribution in [3.63, 3.8) is 0 Å². The van der Waals surface area contributed by atoms with Gasteiger partial charge in [-0.15, -0.1) is 0 Å². The summed E-state index contributed by atoms with van der Waals surface area (Å²) in [4.78, 5) is 25.5. The van der Waals surface area contributed by atoms with Gasteiger partial charge in [-0.2, -0.15) is 5.10 Å². The molecule has 7 nitrogen and oxygen atoms in total. The molecule has 2 aromatic rings. The van der Waals surface area contributed by atoms with Gasteiger partial charge in [-0.05, 0) is 6.07 Å². The summed E-state index contributed by atoms with van der Waals surface area (Å²) in [5.74, 6) is 0. The number of hydrogen-bond donors (Lipinski definition) is 1.